The predicted octanol–water partition coefficient (Wildman–Crippen LogP) is -0.452. The first-order valence-electron chi connectivity index (χ1n) is 5.07. The number of benzene rings is 1. The van der Waals surface area contributed by atoms with E-state index >= 15 is 0 Å². The van der Waals surface area contributed by atoms with Crippen LogP contribution in [-0.4, -0.2) is 26.8 Å². The normalized spacial score (nSPS) is 10.9. The second kappa shape index (κ2) is 5.76. The van der Waals surface area contributed by atoms with Gasteiger partial charge in [-0.05, 0) is 18.2 Å². The summed E-state index contributed by atoms with van der Waals surface area (Å²) in [5.41, 5.74) is -0.332. The highest BCUT2D eigenvalue weighted by molar-refractivity contribution is 7.89. The fraction of sp³-hybridized carbons (Fsp3) is 0.200. The minimum absolute atomic E-state index is 0.330. The lowest BCUT2D eigenvalue weighted by atomic mass is 10.3. The molecule has 0 aliphatic heterocycles. The Balaban J connectivity index is 2.89. The lowest BCUT2D eigenvalue weighted by Gasteiger charge is -2.08. The van der Waals surface area contributed by atoms with Crippen molar-refractivity contribution in [3.8, 4) is 0 Å². The Morgan fingerprint density at radius 2 is 2.00 bits per heavy atom. The van der Waals surface area contributed by atoms with E-state index in [9.17, 15) is 22.4 Å². The van der Waals surface area contributed by atoms with E-state index in [-0.39, 0.29) is 17.1 Å². The van der Waals surface area contributed by atoms with E-state index in [1.165, 1.54) is 6.92 Å². The van der Waals surface area contributed by atoms with Crippen LogP contribution in [0.25, 0.3) is 0 Å². The van der Waals surface area contributed by atoms with Gasteiger partial charge in [0.25, 0.3) is 0 Å². The molecule has 19 heavy (non-hydrogen) atoms. The predicted molar refractivity (Wildman–Crippen MR) is 65.1 cm³/mol. The largest absolute Gasteiger partial charge is 0.347 e. The Labute approximate surface area is 109 Å². The molecule has 0 aromatic heterocycles. The minimum Gasteiger partial charge on any atom is -0.347 e. The highest BCUT2D eigenvalue weighted by Gasteiger charge is 2.13. The molecular weight excluding hydrogens is 277 g/mol. The van der Waals surface area contributed by atoms with Crippen LogP contribution in [0.4, 0.5) is 10.1 Å². The molecule has 1 aromatic rings. The first kappa shape index (κ1) is 15.1. The highest BCUT2D eigenvalue weighted by atomic mass is 32.2. The summed E-state index contributed by atoms with van der Waals surface area (Å²) in [4.78, 5) is 21.6. The zero-order valence-electron chi connectivity index (χ0n) is 9.94. The van der Waals surface area contributed by atoms with Gasteiger partial charge in [0.05, 0.1) is 17.1 Å². The van der Waals surface area contributed by atoms with Crippen LogP contribution in [0.3, 0.4) is 0 Å². The average molecular weight is 289 g/mol. The number of hydrogen-bond donors (Lipinski definition) is 3. The third-order valence-corrected chi connectivity index (χ3v) is 2.95. The van der Waals surface area contributed by atoms with Gasteiger partial charge >= 0.3 is 0 Å². The molecule has 1 aromatic carbocycles. The topological polar surface area (TPSA) is 118 Å². The van der Waals surface area contributed by atoms with E-state index < -0.39 is 27.7 Å². The molecule has 0 aliphatic carbocycles. The van der Waals surface area contributed by atoms with Crippen LogP contribution in [0.5, 0.6) is 0 Å². The number of carbonyl (C=O) groups is 2. The molecule has 0 spiro atoms. The third kappa shape index (κ3) is 4.64. The number of carbonyl (C=O) groups excluding carboxylic acids is 2. The molecule has 0 aliphatic rings. The summed E-state index contributed by atoms with van der Waals surface area (Å²) >= 11 is 0. The number of hydrogen-bond acceptors (Lipinski definition) is 4. The summed E-state index contributed by atoms with van der Waals surface area (Å²) in [6.07, 6.45) is 0. The van der Waals surface area contributed by atoms with Gasteiger partial charge < -0.3 is 10.6 Å². The SMILES string of the molecule is CC(=O)NCC(=O)Nc1cc(S(N)(=O)=O)ccc1F. The van der Waals surface area contributed by atoms with Gasteiger partial charge in [0.2, 0.25) is 21.8 Å². The molecular formula is C10H12FN3O4S. The fourth-order valence-corrected chi connectivity index (χ4v) is 1.72. The summed E-state index contributed by atoms with van der Waals surface area (Å²) < 4.78 is 35.5. The van der Waals surface area contributed by atoms with Crippen molar-refractivity contribution in [1.82, 2.24) is 5.32 Å². The maximum Gasteiger partial charge on any atom is 0.243 e. The summed E-state index contributed by atoms with van der Waals surface area (Å²) in [5, 5.41) is 9.23. The fourth-order valence-electron chi connectivity index (χ4n) is 1.18. The monoisotopic (exact) mass is 289 g/mol. The second-order valence-corrected chi connectivity index (χ2v) is 5.21. The van der Waals surface area contributed by atoms with Gasteiger partial charge in [-0.15, -0.1) is 0 Å². The lowest BCUT2D eigenvalue weighted by Crippen LogP contribution is -2.31. The quantitative estimate of drug-likeness (QED) is 0.695. The second-order valence-electron chi connectivity index (χ2n) is 3.64. The Morgan fingerprint density at radius 3 is 2.53 bits per heavy atom. The number of halogens is 1. The molecule has 2 amide bonds. The van der Waals surface area contributed by atoms with E-state index in [1.807, 2.05) is 0 Å². The van der Waals surface area contributed by atoms with E-state index in [2.05, 4.69) is 10.6 Å². The maximum atomic E-state index is 13.4. The van der Waals surface area contributed by atoms with Gasteiger partial charge in [-0.25, -0.2) is 17.9 Å². The summed E-state index contributed by atoms with van der Waals surface area (Å²) in [6.45, 7) is 0.865. The number of sulfonamides is 1. The molecule has 0 bridgehead atoms. The van der Waals surface area contributed by atoms with Crippen LogP contribution < -0.4 is 15.8 Å². The van der Waals surface area contributed by atoms with Crippen molar-refractivity contribution in [3.05, 3.63) is 24.0 Å². The Hall–Kier alpha value is -2.00. The number of anilines is 1. The first-order valence-corrected chi connectivity index (χ1v) is 6.61. The van der Waals surface area contributed by atoms with Crippen molar-refractivity contribution in [3.63, 3.8) is 0 Å². The molecule has 1 rings (SSSR count). The minimum atomic E-state index is -3.99. The number of nitrogens with two attached hydrogens (primary N) is 1. The van der Waals surface area contributed by atoms with Crippen molar-refractivity contribution in [2.45, 2.75) is 11.8 Å². The van der Waals surface area contributed by atoms with Gasteiger partial charge in [0.1, 0.15) is 5.82 Å². The number of primary sulfonamides is 1. The number of rotatable bonds is 4. The molecule has 0 radical (unpaired) electrons. The summed E-state index contributed by atoms with van der Waals surface area (Å²) in [6, 6.07) is 2.75. The van der Waals surface area contributed by atoms with Crippen molar-refractivity contribution in [2.24, 2.45) is 5.14 Å². The van der Waals surface area contributed by atoms with Gasteiger partial charge in [-0.1, -0.05) is 0 Å². The van der Waals surface area contributed by atoms with Gasteiger partial charge in [-0.3, -0.25) is 9.59 Å². The van der Waals surface area contributed by atoms with Crippen LogP contribution in [0, 0.1) is 5.82 Å². The zero-order valence-corrected chi connectivity index (χ0v) is 10.8. The van der Waals surface area contributed by atoms with Gasteiger partial charge in [0, 0.05) is 6.92 Å². The summed E-state index contributed by atoms with van der Waals surface area (Å²) in [7, 11) is -3.99. The molecule has 0 fully saturated rings. The lowest BCUT2D eigenvalue weighted by molar-refractivity contribution is -0.122. The maximum absolute atomic E-state index is 13.4. The molecule has 0 saturated carbocycles. The van der Waals surface area contributed by atoms with E-state index in [1.54, 1.807) is 0 Å². The Bertz CT molecular complexity index is 615. The first-order chi connectivity index (χ1) is 8.70. The number of nitrogens with one attached hydrogen (secondary N) is 2. The zero-order chi connectivity index (χ0) is 14.6. The standard InChI is InChI=1S/C10H12FN3O4S/c1-6(15)13-5-10(16)14-9-4-7(19(12,17)18)2-3-8(9)11/h2-4H,5H2,1H3,(H,13,15)(H,14,16)(H2,12,17,18). The smallest absolute Gasteiger partial charge is 0.243 e. The molecule has 0 heterocycles. The molecule has 7 nitrogen and oxygen atoms in total. The molecule has 104 valence electrons. The van der Waals surface area contributed by atoms with Gasteiger partial charge in [-0.2, -0.15) is 0 Å². The van der Waals surface area contributed by atoms with E-state index in [4.69, 9.17) is 5.14 Å². The van der Waals surface area contributed by atoms with Crippen LogP contribution >= 0.6 is 0 Å². The Kier molecular flexibility index (Phi) is 4.57. The molecule has 0 unspecified atom stereocenters. The van der Waals surface area contributed by atoms with Crippen LogP contribution in [0.2, 0.25) is 0 Å². The van der Waals surface area contributed by atoms with Crippen molar-refractivity contribution >= 4 is 27.5 Å². The molecule has 9 heteroatoms. The van der Waals surface area contributed by atoms with E-state index in [0.29, 0.717) is 0 Å². The van der Waals surface area contributed by atoms with Crippen molar-refractivity contribution in [1.29, 1.82) is 0 Å². The van der Waals surface area contributed by atoms with Crippen LogP contribution in [0.1, 0.15) is 6.92 Å². The molecule has 4 N–H and O–H groups in total. The number of amides is 2. The highest BCUT2D eigenvalue weighted by Crippen LogP contribution is 2.18. The average Bonchev–Trinajstić information content (AvgIpc) is 2.28. The van der Waals surface area contributed by atoms with Crippen LogP contribution in [-0.2, 0) is 19.6 Å². The third-order valence-electron chi connectivity index (χ3n) is 2.04. The van der Waals surface area contributed by atoms with Crippen molar-refractivity contribution in [2.75, 3.05) is 11.9 Å². The van der Waals surface area contributed by atoms with E-state index in [0.717, 1.165) is 18.2 Å². The molecule has 0 saturated heterocycles. The van der Waals surface area contributed by atoms with Crippen LogP contribution in [0.15, 0.2) is 23.1 Å². The van der Waals surface area contributed by atoms with Crippen molar-refractivity contribution < 1.29 is 22.4 Å². The Morgan fingerprint density at radius 1 is 1.37 bits per heavy atom. The van der Waals surface area contributed by atoms with Gasteiger partial charge in [0.15, 0.2) is 0 Å². The molecule has 0 atom stereocenters. The summed E-state index contributed by atoms with van der Waals surface area (Å²) in [5.74, 6) is -1.93.